The molecule has 3 heteroatoms. The van der Waals surface area contributed by atoms with Crippen LogP contribution in [0, 0.1) is 12.8 Å². The standard InChI is InChI=1S/C14H22N2O/c1-10-5-4-6-16(12(10)3)14-8-13(9-17)7-11(2)15-14/h7-8,10,12,17H,4-6,9H2,1-3H3. The predicted molar refractivity (Wildman–Crippen MR) is 70.1 cm³/mol. The van der Waals surface area contributed by atoms with E-state index >= 15 is 0 Å². The summed E-state index contributed by atoms with van der Waals surface area (Å²) in [5, 5.41) is 9.26. The van der Waals surface area contributed by atoms with Crippen LogP contribution in [0.15, 0.2) is 12.1 Å². The summed E-state index contributed by atoms with van der Waals surface area (Å²) in [5.74, 6) is 1.73. The van der Waals surface area contributed by atoms with Crippen molar-refractivity contribution in [3.8, 4) is 0 Å². The molecular formula is C14H22N2O. The van der Waals surface area contributed by atoms with Crippen LogP contribution in [0.2, 0.25) is 0 Å². The van der Waals surface area contributed by atoms with Gasteiger partial charge in [-0.25, -0.2) is 4.98 Å². The van der Waals surface area contributed by atoms with Crippen LogP contribution in [0.25, 0.3) is 0 Å². The van der Waals surface area contributed by atoms with Crippen LogP contribution in [0.4, 0.5) is 5.82 Å². The highest BCUT2D eigenvalue weighted by Gasteiger charge is 2.25. The zero-order chi connectivity index (χ0) is 12.4. The lowest BCUT2D eigenvalue weighted by molar-refractivity contribution is 0.281. The minimum atomic E-state index is 0.0914. The Labute approximate surface area is 103 Å². The second-order valence-corrected chi connectivity index (χ2v) is 5.19. The monoisotopic (exact) mass is 234 g/mol. The molecule has 1 aliphatic rings. The molecule has 2 atom stereocenters. The number of anilines is 1. The summed E-state index contributed by atoms with van der Waals surface area (Å²) in [5.41, 5.74) is 1.94. The molecule has 0 amide bonds. The van der Waals surface area contributed by atoms with Gasteiger partial charge in [0.2, 0.25) is 0 Å². The van der Waals surface area contributed by atoms with Gasteiger partial charge in [-0.15, -0.1) is 0 Å². The maximum atomic E-state index is 9.26. The smallest absolute Gasteiger partial charge is 0.129 e. The minimum absolute atomic E-state index is 0.0914. The van der Waals surface area contributed by atoms with Crippen molar-refractivity contribution in [1.82, 2.24) is 4.98 Å². The van der Waals surface area contributed by atoms with Gasteiger partial charge in [0.25, 0.3) is 0 Å². The van der Waals surface area contributed by atoms with Crippen LogP contribution < -0.4 is 4.90 Å². The molecule has 1 aliphatic heterocycles. The van der Waals surface area contributed by atoms with Crippen molar-refractivity contribution < 1.29 is 5.11 Å². The molecule has 17 heavy (non-hydrogen) atoms. The number of hydrogen-bond acceptors (Lipinski definition) is 3. The lowest BCUT2D eigenvalue weighted by Gasteiger charge is -2.39. The number of hydrogen-bond donors (Lipinski definition) is 1. The van der Waals surface area contributed by atoms with Gasteiger partial charge in [0.15, 0.2) is 0 Å². The minimum Gasteiger partial charge on any atom is -0.392 e. The van der Waals surface area contributed by atoms with Gasteiger partial charge in [-0.3, -0.25) is 0 Å². The van der Waals surface area contributed by atoms with E-state index < -0.39 is 0 Å². The molecule has 0 radical (unpaired) electrons. The molecule has 1 N–H and O–H groups in total. The molecule has 1 aromatic rings. The van der Waals surface area contributed by atoms with Gasteiger partial charge in [-0.05, 0) is 50.3 Å². The molecule has 0 saturated carbocycles. The zero-order valence-corrected chi connectivity index (χ0v) is 11.0. The second kappa shape index (κ2) is 5.05. The van der Waals surface area contributed by atoms with Crippen LogP contribution >= 0.6 is 0 Å². The number of rotatable bonds is 2. The zero-order valence-electron chi connectivity index (χ0n) is 11.0. The highest BCUT2D eigenvalue weighted by molar-refractivity contribution is 5.44. The Morgan fingerprint density at radius 2 is 2.18 bits per heavy atom. The van der Waals surface area contributed by atoms with Crippen molar-refractivity contribution in [3.63, 3.8) is 0 Å². The van der Waals surface area contributed by atoms with E-state index in [-0.39, 0.29) is 6.61 Å². The summed E-state index contributed by atoms with van der Waals surface area (Å²) >= 11 is 0. The highest BCUT2D eigenvalue weighted by Crippen LogP contribution is 2.27. The number of aliphatic hydroxyl groups excluding tert-OH is 1. The van der Waals surface area contributed by atoms with Crippen LogP contribution in [-0.4, -0.2) is 22.7 Å². The summed E-state index contributed by atoms with van der Waals surface area (Å²) in [4.78, 5) is 6.98. The van der Waals surface area contributed by atoms with E-state index in [2.05, 4.69) is 23.7 Å². The van der Waals surface area contributed by atoms with E-state index in [9.17, 15) is 5.11 Å². The van der Waals surface area contributed by atoms with Crippen molar-refractivity contribution in [2.45, 2.75) is 46.3 Å². The third kappa shape index (κ3) is 2.60. The first-order chi connectivity index (χ1) is 8.11. The first kappa shape index (κ1) is 12.4. The van der Waals surface area contributed by atoms with Crippen LogP contribution in [0.1, 0.15) is 37.9 Å². The second-order valence-electron chi connectivity index (χ2n) is 5.19. The van der Waals surface area contributed by atoms with Gasteiger partial charge in [0.05, 0.1) is 6.61 Å². The number of nitrogens with zero attached hydrogens (tertiary/aromatic N) is 2. The molecular weight excluding hydrogens is 212 g/mol. The Morgan fingerprint density at radius 1 is 1.41 bits per heavy atom. The van der Waals surface area contributed by atoms with Crippen LogP contribution in [0.5, 0.6) is 0 Å². The van der Waals surface area contributed by atoms with Crippen molar-refractivity contribution in [1.29, 1.82) is 0 Å². The average molecular weight is 234 g/mol. The molecule has 1 aromatic heterocycles. The number of piperidine rings is 1. The lowest BCUT2D eigenvalue weighted by atomic mass is 9.92. The van der Waals surface area contributed by atoms with Gasteiger partial charge >= 0.3 is 0 Å². The molecule has 2 heterocycles. The molecule has 0 bridgehead atoms. The molecule has 2 unspecified atom stereocenters. The first-order valence-corrected chi connectivity index (χ1v) is 6.47. The Balaban J connectivity index is 2.29. The molecule has 1 saturated heterocycles. The lowest BCUT2D eigenvalue weighted by Crippen LogP contribution is -2.43. The van der Waals surface area contributed by atoms with Gasteiger partial charge in [-0.2, -0.15) is 0 Å². The summed E-state index contributed by atoms with van der Waals surface area (Å²) in [6.45, 7) is 7.73. The van der Waals surface area contributed by atoms with E-state index in [0.29, 0.717) is 12.0 Å². The summed E-state index contributed by atoms with van der Waals surface area (Å²) in [6.07, 6.45) is 2.53. The Kier molecular flexibility index (Phi) is 3.67. The number of aryl methyl sites for hydroxylation is 1. The SMILES string of the molecule is Cc1cc(CO)cc(N2CCCC(C)C2C)n1. The maximum absolute atomic E-state index is 9.26. The van der Waals surface area contributed by atoms with Gasteiger partial charge in [0.1, 0.15) is 5.82 Å². The Bertz CT molecular complexity index is 392. The van der Waals surface area contributed by atoms with E-state index in [1.54, 1.807) is 0 Å². The van der Waals surface area contributed by atoms with E-state index in [1.165, 1.54) is 12.8 Å². The molecule has 0 aromatic carbocycles. The normalized spacial score (nSPS) is 25.1. The highest BCUT2D eigenvalue weighted by atomic mass is 16.3. The van der Waals surface area contributed by atoms with Crippen molar-refractivity contribution >= 4 is 5.82 Å². The number of aromatic nitrogens is 1. The summed E-state index contributed by atoms with van der Waals surface area (Å²) in [6, 6.07) is 4.49. The summed E-state index contributed by atoms with van der Waals surface area (Å²) in [7, 11) is 0. The maximum Gasteiger partial charge on any atom is 0.129 e. The fourth-order valence-corrected chi connectivity index (χ4v) is 2.62. The van der Waals surface area contributed by atoms with Crippen molar-refractivity contribution in [2.24, 2.45) is 5.92 Å². The average Bonchev–Trinajstić information content (AvgIpc) is 2.31. The quantitative estimate of drug-likeness (QED) is 0.854. The number of pyridine rings is 1. The molecule has 94 valence electrons. The van der Waals surface area contributed by atoms with Crippen LogP contribution in [0.3, 0.4) is 0 Å². The largest absolute Gasteiger partial charge is 0.392 e. The molecule has 3 nitrogen and oxygen atoms in total. The third-order valence-corrected chi connectivity index (χ3v) is 3.85. The molecule has 0 spiro atoms. The summed E-state index contributed by atoms with van der Waals surface area (Å²) < 4.78 is 0. The van der Waals surface area contributed by atoms with Gasteiger partial charge in [-0.1, -0.05) is 6.92 Å². The molecule has 2 rings (SSSR count). The third-order valence-electron chi connectivity index (χ3n) is 3.85. The predicted octanol–water partition coefficient (Wildman–Crippen LogP) is 2.51. The molecule has 1 fully saturated rings. The van der Waals surface area contributed by atoms with E-state index in [0.717, 1.165) is 23.6 Å². The topological polar surface area (TPSA) is 36.4 Å². The van der Waals surface area contributed by atoms with Gasteiger partial charge < -0.3 is 10.0 Å². The molecule has 0 aliphatic carbocycles. The van der Waals surface area contributed by atoms with Crippen molar-refractivity contribution in [3.05, 3.63) is 23.4 Å². The number of aliphatic hydroxyl groups is 1. The van der Waals surface area contributed by atoms with Crippen LogP contribution in [-0.2, 0) is 6.61 Å². The van der Waals surface area contributed by atoms with E-state index in [4.69, 9.17) is 0 Å². The first-order valence-electron chi connectivity index (χ1n) is 6.47. The van der Waals surface area contributed by atoms with Crippen molar-refractivity contribution in [2.75, 3.05) is 11.4 Å². The Morgan fingerprint density at radius 3 is 2.88 bits per heavy atom. The Hall–Kier alpha value is -1.09. The van der Waals surface area contributed by atoms with Gasteiger partial charge in [0, 0.05) is 18.3 Å². The fraction of sp³-hybridized carbons (Fsp3) is 0.643. The fourth-order valence-electron chi connectivity index (χ4n) is 2.62. The van der Waals surface area contributed by atoms with E-state index in [1.807, 2.05) is 19.1 Å².